The van der Waals surface area contributed by atoms with Crippen LogP contribution >= 0.6 is 0 Å². The van der Waals surface area contributed by atoms with Gasteiger partial charge in [-0.05, 0) is 13.3 Å². The van der Waals surface area contributed by atoms with Crippen molar-refractivity contribution in [1.82, 2.24) is 0 Å². The first-order chi connectivity index (χ1) is 7.16. The Kier molecular flexibility index (Phi) is 3.71. The molecule has 78 valence electrons. The summed E-state index contributed by atoms with van der Waals surface area (Å²) in [6.45, 7) is 1.92. The molecule has 0 unspecified atom stereocenters. The van der Waals surface area contributed by atoms with Crippen molar-refractivity contribution >= 4 is 11.8 Å². The Labute approximate surface area is 86.6 Å². The Morgan fingerprint density at radius 1 is 1.53 bits per heavy atom. The number of aliphatic imine (C=N–C) groups is 1. The van der Waals surface area contributed by atoms with E-state index < -0.39 is 4.92 Å². The third-order valence-electron chi connectivity index (χ3n) is 2.06. The number of aryl methyl sites for hydroxylation is 1. The second kappa shape index (κ2) is 5.02. The van der Waals surface area contributed by atoms with Crippen LogP contribution in [0.2, 0.25) is 0 Å². The van der Waals surface area contributed by atoms with Gasteiger partial charge in [-0.15, -0.1) is 0 Å². The molecule has 15 heavy (non-hydrogen) atoms. The molecular weight excluding hydrogens is 196 g/mol. The van der Waals surface area contributed by atoms with Crippen LogP contribution in [0.3, 0.4) is 0 Å². The lowest BCUT2D eigenvalue weighted by Gasteiger charge is -2.02. The maximum Gasteiger partial charge on any atom is 0.275 e. The van der Waals surface area contributed by atoms with Crippen LogP contribution in [0.25, 0.3) is 0 Å². The van der Waals surface area contributed by atoms with Crippen molar-refractivity contribution in [3.05, 3.63) is 39.4 Å². The topological polar surface area (TPSA) is 72.6 Å². The van der Waals surface area contributed by atoms with Crippen molar-refractivity contribution in [3.63, 3.8) is 0 Å². The van der Waals surface area contributed by atoms with Crippen molar-refractivity contribution in [2.75, 3.05) is 6.54 Å². The van der Waals surface area contributed by atoms with Crippen molar-refractivity contribution in [1.29, 1.82) is 0 Å². The quantitative estimate of drug-likeness (QED) is 0.326. The first-order valence-electron chi connectivity index (χ1n) is 4.43. The predicted octanol–water partition coefficient (Wildman–Crippen LogP) is 1.78. The van der Waals surface area contributed by atoms with E-state index >= 15 is 0 Å². The van der Waals surface area contributed by atoms with Gasteiger partial charge in [-0.1, -0.05) is 18.2 Å². The number of para-hydroxylation sites is 1. The van der Waals surface area contributed by atoms with Gasteiger partial charge < -0.3 is 0 Å². The average Bonchev–Trinajstić information content (AvgIpc) is 2.17. The monoisotopic (exact) mass is 206 g/mol. The van der Waals surface area contributed by atoms with E-state index in [0.717, 1.165) is 0 Å². The van der Waals surface area contributed by atoms with E-state index in [-0.39, 0.29) is 12.2 Å². The molecule has 0 atom stereocenters. The molecule has 0 amide bonds. The van der Waals surface area contributed by atoms with E-state index in [1.807, 2.05) is 0 Å². The summed E-state index contributed by atoms with van der Waals surface area (Å²) in [7, 11) is 0. The highest BCUT2D eigenvalue weighted by Gasteiger charge is 2.15. The highest BCUT2D eigenvalue weighted by molar-refractivity contribution is 5.47. The number of hydrogen-bond acceptors (Lipinski definition) is 4. The summed E-state index contributed by atoms with van der Waals surface area (Å²) in [6, 6.07) is 5.11. The first-order valence-corrected chi connectivity index (χ1v) is 4.43. The molecule has 0 heterocycles. The number of carbonyl (C=O) groups excluding carboxylic acids is 1. The number of hydrogen-bond donors (Lipinski definition) is 0. The second-order valence-corrected chi connectivity index (χ2v) is 3.06. The summed E-state index contributed by atoms with van der Waals surface area (Å²) in [6.07, 6.45) is 1.79. The maximum atomic E-state index is 10.8. The number of rotatable bonds is 4. The lowest BCUT2D eigenvalue weighted by Crippen LogP contribution is -1.99. The largest absolute Gasteiger partial charge is 0.275 e. The van der Waals surface area contributed by atoms with Gasteiger partial charge in [0.15, 0.2) is 0 Å². The van der Waals surface area contributed by atoms with E-state index in [9.17, 15) is 14.9 Å². The molecule has 0 bridgehead atoms. The Morgan fingerprint density at radius 2 is 2.27 bits per heavy atom. The van der Waals surface area contributed by atoms with Crippen LogP contribution in [0.4, 0.5) is 5.69 Å². The van der Waals surface area contributed by atoms with Crippen LogP contribution in [0, 0.1) is 17.0 Å². The third-order valence-corrected chi connectivity index (χ3v) is 2.06. The Morgan fingerprint density at radius 3 is 2.87 bits per heavy atom. The van der Waals surface area contributed by atoms with Crippen LogP contribution in [0.15, 0.2) is 23.2 Å². The second-order valence-electron chi connectivity index (χ2n) is 3.06. The van der Waals surface area contributed by atoms with E-state index in [1.165, 1.54) is 6.08 Å². The van der Waals surface area contributed by atoms with E-state index in [2.05, 4.69) is 4.99 Å². The van der Waals surface area contributed by atoms with Crippen LogP contribution in [-0.4, -0.2) is 17.5 Å². The molecule has 0 aliphatic carbocycles. The number of isocyanates is 1. The van der Waals surface area contributed by atoms with E-state index in [4.69, 9.17) is 0 Å². The number of nitro groups is 1. The summed E-state index contributed by atoms with van der Waals surface area (Å²) in [5.74, 6) is 0. The molecule has 0 spiro atoms. The summed E-state index contributed by atoms with van der Waals surface area (Å²) in [4.78, 5) is 23.6. The summed E-state index contributed by atoms with van der Waals surface area (Å²) >= 11 is 0. The zero-order chi connectivity index (χ0) is 11.3. The maximum absolute atomic E-state index is 10.8. The lowest BCUT2D eigenvalue weighted by atomic mass is 10.1. The molecule has 0 fully saturated rings. The summed E-state index contributed by atoms with van der Waals surface area (Å²) in [5, 5.41) is 10.8. The third kappa shape index (κ3) is 2.72. The van der Waals surface area contributed by atoms with Crippen LogP contribution in [0.1, 0.15) is 11.1 Å². The molecule has 0 aliphatic heterocycles. The highest BCUT2D eigenvalue weighted by Crippen LogP contribution is 2.23. The lowest BCUT2D eigenvalue weighted by molar-refractivity contribution is -0.386. The number of nitro benzene ring substituents is 1. The smallest absolute Gasteiger partial charge is 0.258 e. The Bertz CT molecular complexity index is 423. The molecule has 1 rings (SSSR count). The van der Waals surface area contributed by atoms with Crippen molar-refractivity contribution in [2.24, 2.45) is 4.99 Å². The molecular formula is C10H10N2O3. The Hall–Kier alpha value is -2.00. The van der Waals surface area contributed by atoms with E-state index in [1.54, 1.807) is 25.1 Å². The number of nitrogens with zero attached hydrogens (tertiary/aromatic N) is 2. The minimum absolute atomic E-state index is 0.110. The standard InChI is InChI=1S/C10H10N2O3/c1-8-3-2-4-9(5-6-11-7-13)10(8)12(14)15/h2-4H,5-6H2,1H3. The van der Waals surface area contributed by atoms with Gasteiger partial charge in [-0.25, -0.2) is 9.79 Å². The van der Waals surface area contributed by atoms with Gasteiger partial charge in [0.05, 0.1) is 11.5 Å². The zero-order valence-electron chi connectivity index (χ0n) is 8.27. The van der Waals surface area contributed by atoms with Gasteiger partial charge in [0.1, 0.15) is 0 Å². The number of benzene rings is 1. The molecule has 0 saturated carbocycles. The zero-order valence-corrected chi connectivity index (χ0v) is 8.27. The minimum atomic E-state index is -0.407. The van der Waals surface area contributed by atoms with Crippen molar-refractivity contribution in [2.45, 2.75) is 13.3 Å². The normalized spacial score (nSPS) is 9.40. The summed E-state index contributed by atoms with van der Waals surface area (Å²) in [5.41, 5.74) is 1.32. The van der Waals surface area contributed by atoms with Gasteiger partial charge in [-0.2, -0.15) is 0 Å². The molecule has 0 saturated heterocycles. The first kappa shape index (κ1) is 11.1. The van der Waals surface area contributed by atoms with Crippen molar-refractivity contribution < 1.29 is 9.72 Å². The molecule has 0 aliphatic rings. The van der Waals surface area contributed by atoms with Crippen molar-refractivity contribution in [3.8, 4) is 0 Å². The Balaban J connectivity index is 3.00. The van der Waals surface area contributed by atoms with Gasteiger partial charge in [0.2, 0.25) is 6.08 Å². The minimum Gasteiger partial charge on any atom is -0.258 e. The fraction of sp³-hybridized carbons (Fsp3) is 0.300. The summed E-state index contributed by atoms with van der Waals surface area (Å²) < 4.78 is 0. The molecule has 1 aromatic rings. The fourth-order valence-electron chi connectivity index (χ4n) is 1.40. The van der Waals surface area contributed by atoms with Gasteiger partial charge in [-0.3, -0.25) is 10.1 Å². The van der Waals surface area contributed by atoms with Gasteiger partial charge >= 0.3 is 0 Å². The van der Waals surface area contributed by atoms with Crippen LogP contribution in [-0.2, 0) is 11.2 Å². The van der Waals surface area contributed by atoms with Crippen LogP contribution < -0.4 is 0 Å². The fourth-order valence-corrected chi connectivity index (χ4v) is 1.40. The van der Waals surface area contributed by atoms with Gasteiger partial charge in [0, 0.05) is 11.1 Å². The van der Waals surface area contributed by atoms with E-state index in [0.29, 0.717) is 17.5 Å². The molecule has 0 N–H and O–H groups in total. The molecule has 1 aromatic carbocycles. The SMILES string of the molecule is Cc1cccc(CCN=C=O)c1[N+](=O)[O-]. The average molecular weight is 206 g/mol. The highest BCUT2D eigenvalue weighted by atomic mass is 16.6. The van der Waals surface area contributed by atoms with Crippen LogP contribution in [0.5, 0.6) is 0 Å². The molecule has 0 aromatic heterocycles. The molecule has 0 radical (unpaired) electrons. The van der Waals surface area contributed by atoms with Gasteiger partial charge in [0.25, 0.3) is 5.69 Å². The predicted molar refractivity (Wildman–Crippen MR) is 54.5 cm³/mol. The molecule has 5 heteroatoms. The molecule has 5 nitrogen and oxygen atoms in total.